The van der Waals surface area contributed by atoms with Gasteiger partial charge in [0.1, 0.15) is 0 Å². The van der Waals surface area contributed by atoms with Crippen molar-refractivity contribution in [2.45, 2.75) is 31.2 Å². The van der Waals surface area contributed by atoms with Gasteiger partial charge >= 0.3 is 0 Å². The molecule has 0 spiro atoms. The molecule has 1 fully saturated rings. The first kappa shape index (κ1) is 14.3. The van der Waals surface area contributed by atoms with E-state index in [4.69, 9.17) is 5.73 Å². The Morgan fingerprint density at radius 1 is 1.42 bits per heavy atom. The van der Waals surface area contributed by atoms with E-state index in [0.717, 1.165) is 25.2 Å². The van der Waals surface area contributed by atoms with Crippen molar-refractivity contribution in [3.63, 3.8) is 0 Å². The van der Waals surface area contributed by atoms with Crippen LogP contribution in [0.2, 0.25) is 0 Å². The molecule has 1 aromatic rings. The SMILES string of the molecule is CCS(=O)(=O)c1ccccc1N1CCC(C(C)N)C1. The summed E-state index contributed by atoms with van der Waals surface area (Å²) in [5, 5.41) is 0. The second-order valence-electron chi connectivity index (χ2n) is 5.23. The summed E-state index contributed by atoms with van der Waals surface area (Å²) in [4.78, 5) is 2.60. The van der Waals surface area contributed by atoms with Crippen LogP contribution in [0.15, 0.2) is 29.2 Å². The lowest BCUT2D eigenvalue weighted by atomic mass is 10.0. The fourth-order valence-corrected chi connectivity index (χ4v) is 3.68. The van der Waals surface area contributed by atoms with E-state index < -0.39 is 9.84 Å². The highest BCUT2D eigenvalue weighted by molar-refractivity contribution is 7.91. The first-order chi connectivity index (χ1) is 8.95. The van der Waals surface area contributed by atoms with Gasteiger partial charge in [-0.2, -0.15) is 0 Å². The van der Waals surface area contributed by atoms with Gasteiger partial charge in [-0.1, -0.05) is 19.1 Å². The van der Waals surface area contributed by atoms with Gasteiger partial charge in [0.05, 0.1) is 16.3 Å². The number of nitrogens with two attached hydrogens (primary N) is 1. The Bertz CT molecular complexity index is 540. The van der Waals surface area contributed by atoms with Gasteiger partial charge in [-0.15, -0.1) is 0 Å². The second kappa shape index (κ2) is 5.51. The highest BCUT2D eigenvalue weighted by atomic mass is 32.2. The summed E-state index contributed by atoms with van der Waals surface area (Å²) in [5.41, 5.74) is 6.77. The van der Waals surface area contributed by atoms with E-state index in [1.807, 2.05) is 19.1 Å². The van der Waals surface area contributed by atoms with Crippen molar-refractivity contribution < 1.29 is 8.42 Å². The van der Waals surface area contributed by atoms with Crippen molar-refractivity contribution in [2.24, 2.45) is 11.7 Å². The predicted molar refractivity (Wildman–Crippen MR) is 78.1 cm³/mol. The molecule has 0 bridgehead atoms. The third-order valence-corrected chi connectivity index (χ3v) is 5.66. The molecule has 0 aliphatic carbocycles. The van der Waals surface area contributed by atoms with E-state index in [9.17, 15) is 8.42 Å². The predicted octanol–water partition coefficient (Wildman–Crippen LogP) is 1.65. The van der Waals surface area contributed by atoms with E-state index in [1.165, 1.54) is 0 Å². The zero-order chi connectivity index (χ0) is 14.0. The first-order valence-corrected chi connectivity index (χ1v) is 8.43. The van der Waals surface area contributed by atoms with Gasteiger partial charge in [0.25, 0.3) is 0 Å². The quantitative estimate of drug-likeness (QED) is 0.912. The van der Waals surface area contributed by atoms with Gasteiger partial charge in [0.15, 0.2) is 9.84 Å². The third-order valence-electron chi connectivity index (χ3n) is 3.89. The Morgan fingerprint density at radius 2 is 2.11 bits per heavy atom. The molecule has 2 rings (SSSR count). The van der Waals surface area contributed by atoms with Crippen LogP contribution < -0.4 is 10.6 Å². The van der Waals surface area contributed by atoms with Crippen LogP contribution in [0.5, 0.6) is 0 Å². The van der Waals surface area contributed by atoms with Crippen molar-refractivity contribution in [3.8, 4) is 0 Å². The van der Waals surface area contributed by atoms with E-state index >= 15 is 0 Å². The lowest BCUT2D eigenvalue weighted by Gasteiger charge is -2.22. The molecule has 2 atom stereocenters. The van der Waals surface area contributed by atoms with Crippen LogP contribution >= 0.6 is 0 Å². The molecule has 1 aromatic carbocycles. The van der Waals surface area contributed by atoms with Crippen molar-refractivity contribution in [2.75, 3.05) is 23.7 Å². The maximum atomic E-state index is 12.1. The number of benzene rings is 1. The number of nitrogens with zero attached hydrogens (tertiary/aromatic N) is 1. The molecule has 0 amide bonds. The van der Waals surface area contributed by atoms with Gasteiger partial charge < -0.3 is 10.6 Å². The molecule has 0 radical (unpaired) electrons. The van der Waals surface area contributed by atoms with E-state index in [2.05, 4.69) is 4.90 Å². The van der Waals surface area contributed by atoms with E-state index in [1.54, 1.807) is 19.1 Å². The van der Waals surface area contributed by atoms with Gasteiger partial charge in [-0.25, -0.2) is 8.42 Å². The van der Waals surface area contributed by atoms with Crippen LogP contribution in [-0.2, 0) is 9.84 Å². The molecule has 106 valence electrons. The molecule has 5 heteroatoms. The van der Waals surface area contributed by atoms with Gasteiger partial charge in [0.2, 0.25) is 0 Å². The average molecular weight is 282 g/mol. The smallest absolute Gasteiger partial charge is 0.180 e. The Morgan fingerprint density at radius 3 is 2.68 bits per heavy atom. The summed E-state index contributed by atoms with van der Waals surface area (Å²) in [6.45, 7) is 5.42. The average Bonchev–Trinajstić information content (AvgIpc) is 2.88. The number of sulfone groups is 1. The molecule has 1 aliphatic rings. The van der Waals surface area contributed by atoms with Crippen molar-refractivity contribution in [1.82, 2.24) is 0 Å². The minimum Gasteiger partial charge on any atom is -0.370 e. The van der Waals surface area contributed by atoms with E-state index in [0.29, 0.717) is 10.8 Å². The summed E-state index contributed by atoms with van der Waals surface area (Å²) in [6.07, 6.45) is 1.03. The molecule has 2 N–H and O–H groups in total. The van der Waals surface area contributed by atoms with Crippen LogP contribution in [0.3, 0.4) is 0 Å². The van der Waals surface area contributed by atoms with Crippen LogP contribution in [0, 0.1) is 5.92 Å². The van der Waals surface area contributed by atoms with Gasteiger partial charge in [0, 0.05) is 19.1 Å². The molecule has 4 nitrogen and oxygen atoms in total. The first-order valence-electron chi connectivity index (χ1n) is 6.78. The highest BCUT2D eigenvalue weighted by Crippen LogP contribution is 2.31. The Labute approximate surface area is 115 Å². The minimum absolute atomic E-state index is 0.134. The van der Waals surface area contributed by atoms with E-state index in [-0.39, 0.29) is 11.8 Å². The maximum absolute atomic E-state index is 12.1. The lowest BCUT2D eigenvalue weighted by molar-refractivity contribution is 0.488. The van der Waals surface area contributed by atoms with Gasteiger partial charge in [-0.05, 0) is 31.4 Å². The summed E-state index contributed by atoms with van der Waals surface area (Å²) in [5.74, 6) is 0.576. The molecule has 1 heterocycles. The highest BCUT2D eigenvalue weighted by Gasteiger charge is 2.28. The summed E-state index contributed by atoms with van der Waals surface area (Å²) >= 11 is 0. The summed E-state index contributed by atoms with van der Waals surface area (Å²) < 4.78 is 24.3. The number of hydrogen-bond donors (Lipinski definition) is 1. The van der Waals surface area contributed by atoms with Crippen LogP contribution in [0.1, 0.15) is 20.3 Å². The number of rotatable bonds is 4. The molecule has 1 aliphatic heterocycles. The zero-order valence-corrected chi connectivity index (χ0v) is 12.4. The van der Waals surface area contributed by atoms with Crippen molar-refractivity contribution in [1.29, 1.82) is 0 Å². The molecule has 0 aromatic heterocycles. The van der Waals surface area contributed by atoms with Crippen LogP contribution in [0.4, 0.5) is 5.69 Å². The molecule has 1 saturated heterocycles. The number of para-hydroxylation sites is 1. The fourth-order valence-electron chi connectivity index (χ4n) is 2.57. The summed E-state index contributed by atoms with van der Waals surface area (Å²) in [6, 6.07) is 7.42. The van der Waals surface area contributed by atoms with Crippen molar-refractivity contribution >= 4 is 15.5 Å². The van der Waals surface area contributed by atoms with Gasteiger partial charge in [-0.3, -0.25) is 0 Å². The number of anilines is 1. The molecule has 2 unspecified atom stereocenters. The lowest BCUT2D eigenvalue weighted by Crippen LogP contribution is -2.30. The van der Waals surface area contributed by atoms with Crippen LogP contribution in [-0.4, -0.2) is 33.3 Å². The molecule has 19 heavy (non-hydrogen) atoms. The minimum atomic E-state index is -3.18. The maximum Gasteiger partial charge on any atom is 0.180 e. The van der Waals surface area contributed by atoms with Crippen LogP contribution in [0.25, 0.3) is 0 Å². The third kappa shape index (κ3) is 2.92. The molecular weight excluding hydrogens is 260 g/mol. The Hall–Kier alpha value is -1.07. The zero-order valence-electron chi connectivity index (χ0n) is 11.5. The standard InChI is InChI=1S/C14H22N2O2S/c1-3-19(17,18)14-7-5-4-6-13(14)16-9-8-12(10-16)11(2)15/h4-7,11-12H,3,8-10,15H2,1-2H3. The fraction of sp³-hybridized carbons (Fsp3) is 0.571. The Kier molecular flexibility index (Phi) is 4.16. The monoisotopic (exact) mass is 282 g/mol. The largest absolute Gasteiger partial charge is 0.370 e. The summed E-state index contributed by atoms with van der Waals surface area (Å²) in [7, 11) is -3.18. The Balaban J connectivity index is 2.32. The molecular formula is C14H22N2O2S. The second-order valence-corrected chi connectivity index (χ2v) is 7.47. The normalized spacial score (nSPS) is 21.6. The molecule has 0 saturated carbocycles. The topological polar surface area (TPSA) is 63.4 Å². The van der Waals surface area contributed by atoms with Crippen molar-refractivity contribution in [3.05, 3.63) is 24.3 Å². The number of hydrogen-bond acceptors (Lipinski definition) is 4.